The smallest absolute Gasteiger partial charge is 0.337 e. The molecule has 0 aromatic heterocycles. The molecule has 0 aliphatic rings. The Bertz CT molecular complexity index is 736. The summed E-state index contributed by atoms with van der Waals surface area (Å²) in [5.41, 5.74) is 0.123. The van der Waals surface area contributed by atoms with Gasteiger partial charge in [-0.25, -0.2) is 9.18 Å². The van der Waals surface area contributed by atoms with Crippen molar-refractivity contribution in [3.63, 3.8) is 0 Å². The van der Waals surface area contributed by atoms with Crippen LogP contribution in [0.1, 0.15) is 20.7 Å². The number of rotatable bonds is 3. The number of carboxylic acids is 1. The molecule has 21 heavy (non-hydrogen) atoms. The number of carboxylic acid groups (broad SMARTS) is 1. The third-order valence-electron chi connectivity index (χ3n) is 2.66. The molecule has 0 unspecified atom stereocenters. The minimum absolute atomic E-state index is 0.0109. The fourth-order valence-corrected chi connectivity index (χ4v) is 2.63. The van der Waals surface area contributed by atoms with Crippen LogP contribution in [0.3, 0.4) is 0 Å². The van der Waals surface area contributed by atoms with Crippen molar-refractivity contribution in [2.75, 3.05) is 5.32 Å². The van der Waals surface area contributed by atoms with Gasteiger partial charge in [-0.1, -0.05) is 17.7 Å². The lowest BCUT2D eigenvalue weighted by Gasteiger charge is -2.11. The van der Waals surface area contributed by atoms with E-state index in [1.165, 1.54) is 30.3 Å². The summed E-state index contributed by atoms with van der Waals surface area (Å²) < 4.78 is 13.4. The quantitative estimate of drug-likeness (QED) is 0.738. The van der Waals surface area contributed by atoms with Crippen molar-refractivity contribution in [2.24, 2.45) is 0 Å². The normalized spacial score (nSPS) is 10.2. The summed E-state index contributed by atoms with van der Waals surface area (Å²) in [5.74, 6) is -2.23. The Kier molecular flexibility index (Phi) is 4.79. The van der Waals surface area contributed by atoms with E-state index >= 15 is 0 Å². The van der Waals surface area contributed by atoms with Gasteiger partial charge < -0.3 is 10.4 Å². The van der Waals surface area contributed by atoms with Crippen LogP contribution in [0.2, 0.25) is 5.02 Å². The average Bonchev–Trinajstić information content (AvgIpc) is 2.40. The van der Waals surface area contributed by atoms with E-state index in [1.54, 1.807) is 0 Å². The van der Waals surface area contributed by atoms with Gasteiger partial charge in [-0.15, -0.1) is 0 Å². The van der Waals surface area contributed by atoms with E-state index in [9.17, 15) is 14.0 Å². The van der Waals surface area contributed by atoms with Crippen LogP contribution < -0.4 is 5.32 Å². The van der Waals surface area contributed by atoms with Crippen LogP contribution in [0.5, 0.6) is 0 Å². The van der Waals surface area contributed by atoms with Crippen LogP contribution in [0, 0.1) is 9.39 Å². The maximum absolute atomic E-state index is 13.0. The van der Waals surface area contributed by atoms with Crippen molar-refractivity contribution in [3.05, 3.63) is 61.9 Å². The van der Waals surface area contributed by atoms with Crippen LogP contribution in [-0.2, 0) is 0 Å². The number of hydrogen-bond acceptors (Lipinski definition) is 2. The predicted octanol–water partition coefficient (Wildman–Crippen LogP) is 4.03. The highest BCUT2D eigenvalue weighted by atomic mass is 127. The molecule has 0 saturated heterocycles. The number of benzene rings is 2. The van der Waals surface area contributed by atoms with Crippen molar-refractivity contribution in [2.45, 2.75) is 0 Å². The van der Waals surface area contributed by atoms with Gasteiger partial charge in [-0.2, -0.15) is 0 Å². The number of nitrogens with one attached hydrogen (secondary N) is 1. The molecule has 0 atom stereocenters. The molecule has 0 aliphatic carbocycles. The van der Waals surface area contributed by atoms with E-state index in [2.05, 4.69) is 5.32 Å². The summed E-state index contributed by atoms with van der Waals surface area (Å²) in [7, 11) is 0. The zero-order valence-corrected chi connectivity index (χ0v) is 13.3. The van der Waals surface area contributed by atoms with Gasteiger partial charge in [0, 0.05) is 3.57 Å². The number of carbonyl (C=O) groups is 2. The van der Waals surface area contributed by atoms with Crippen molar-refractivity contribution >= 4 is 51.8 Å². The first-order valence-corrected chi connectivity index (χ1v) is 7.14. The second-order valence-corrected chi connectivity index (χ2v) is 5.62. The first-order valence-electron chi connectivity index (χ1n) is 5.68. The highest BCUT2D eigenvalue weighted by Gasteiger charge is 2.18. The number of carbonyl (C=O) groups excluding carboxylic acids is 1. The molecule has 4 nitrogen and oxygen atoms in total. The van der Waals surface area contributed by atoms with Gasteiger partial charge in [-0.3, -0.25) is 4.79 Å². The average molecular weight is 420 g/mol. The molecule has 2 N–H and O–H groups in total. The fourth-order valence-electron chi connectivity index (χ4n) is 1.68. The molecule has 0 radical (unpaired) electrons. The number of para-hydroxylation sites is 1. The molecule has 0 heterocycles. The number of halogens is 3. The van der Waals surface area contributed by atoms with E-state index in [-0.39, 0.29) is 21.8 Å². The van der Waals surface area contributed by atoms with Gasteiger partial charge in [0.2, 0.25) is 0 Å². The van der Waals surface area contributed by atoms with Gasteiger partial charge >= 0.3 is 5.97 Å². The van der Waals surface area contributed by atoms with E-state index in [4.69, 9.17) is 16.7 Å². The summed E-state index contributed by atoms with van der Waals surface area (Å²) >= 11 is 7.75. The number of aromatic carboxylic acids is 1. The van der Waals surface area contributed by atoms with Crippen LogP contribution >= 0.6 is 34.2 Å². The summed E-state index contributed by atoms with van der Waals surface area (Å²) in [6, 6.07) is 7.97. The first kappa shape index (κ1) is 15.7. The van der Waals surface area contributed by atoms with Gasteiger partial charge in [-0.05, 0) is 52.9 Å². The molecule has 7 heteroatoms. The van der Waals surface area contributed by atoms with Crippen LogP contribution in [-0.4, -0.2) is 17.0 Å². The van der Waals surface area contributed by atoms with E-state index in [0.29, 0.717) is 3.57 Å². The van der Waals surface area contributed by atoms with E-state index in [0.717, 1.165) is 6.07 Å². The Hall–Kier alpha value is -1.67. The Balaban J connectivity index is 2.38. The van der Waals surface area contributed by atoms with E-state index < -0.39 is 17.7 Å². The second-order valence-electron chi connectivity index (χ2n) is 4.05. The number of hydrogen-bond donors (Lipinski definition) is 2. The molecule has 0 bridgehead atoms. The minimum atomic E-state index is -1.21. The Morgan fingerprint density at radius 2 is 1.90 bits per heavy atom. The van der Waals surface area contributed by atoms with Crippen LogP contribution in [0.4, 0.5) is 10.1 Å². The minimum Gasteiger partial charge on any atom is -0.478 e. The summed E-state index contributed by atoms with van der Waals surface area (Å²) in [5, 5.41) is 11.7. The van der Waals surface area contributed by atoms with Crippen molar-refractivity contribution < 1.29 is 19.1 Å². The highest BCUT2D eigenvalue weighted by molar-refractivity contribution is 14.1. The Morgan fingerprint density at radius 3 is 2.52 bits per heavy atom. The zero-order chi connectivity index (χ0) is 15.6. The summed E-state index contributed by atoms with van der Waals surface area (Å²) in [4.78, 5) is 23.3. The molecule has 0 aliphatic heterocycles. The molecule has 2 aromatic carbocycles. The molecule has 0 saturated carbocycles. The first-order chi connectivity index (χ1) is 9.90. The van der Waals surface area contributed by atoms with E-state index in [1.807, 2.05) is 22.6 Å². The molecule has 2 aromatic rings. The summed E-state index contributed by atoms with van der Waals surface area (Å²) in [6.07, 6.45) is 0. The molecule has 108 valence electrons. The molecular weight excluding hydrogens is 412 g/mol. The highest BCUT2D eigenvalue weighted by Crippen LogP contribution is 2.27. The third-order valence-corrected chi connectivity index (χ3v) is 3.87. The number of amides is 1. The van der Waals surface area contributed by atoms with Crippen molar-refractivity contribution in [1.29, 1.82) is 0 Å². The molecular formula is C14H8ClFINO3. The van der Waals surface area contributed by atoms with Crippen LogP contribution in [0.15, 0.2) is 36.4 Å². The lowest BCUT2D eigenvalue weighted by atomic mass is 10.1. The van der Waals surface area contributed by atoms with Crippen molar-refractivity contribution in [3.8, 4) is 0 Å². The maximum Gasteiger partial charge on any atom is 0.337 e. The van der Waals surface area contributed by atoms with Gasteiger partial charge in [0.15, 0.2) is 0 Å². The molecule has 1 amide bonds. The monoisotopic (exact) mass is 419 g/mol. The standard InChI is InChI=1S/C14H8ClFINO3/c15-10-3-1-2-9(14(20)21)12(10)18-13(19)8-5-4-7(16)6-11(8)17/h1-6H,(H,18,19)(H,20,21). The molecule has 2 rings (SSSR count). The zero-order valence-electron chi connectivity index (χ0n) is 10.4. The largest absolute Gasteiger partial charge is 0.478 e. The lowest BCUT2D eigenvalue weighted by Crippen LogP contribution is -2.16. The fraction of sp³-hybridized carbons (Fsp3) is 0. The molecule has 0 spiro atoms. The third kappa shape index (κ3) is 3.51. The van der Waals surface area contributed by atoms with Gasteiger partial charge in [0.25, 0.3) is 5.91 Å². The SMILES string of the molecule is O=C(Nc1c(Cl)cccc1C(=O)O)c1ccc(F)cc1I. The number of anilines is 1. The Morgan fingerprint density at radius 1 is 1.19 bits per heavy atom. The molecule has 0 fully saturated rings. The summed E-state index contributed by atoms with van der Waals surface area (Å²) in [6.45, 7) is 0. The van der Waals surface area contributed by atoms with Crippen LogP contribution in [0.25, 0.3) is 0 Å². The van der Waals surface area contributed by atoms with Crippen molar-refractivity contribution in [1.82, 2.24) is 0 Å². The Labute approximate surface area is 138 Å². The topological polar surface area (TPSA) is 66.4 Å². The lowest BCUT2D eigenvalue weighted by molar-refractivity contribution is 0.0698. The maximum atomic E-state index is 13.0. The van der Waals surface area contributed by atoms with Gasteiger partial charge in [0.05, 0.1) is 21.8 Å². The second kappa shape index (κ2) is 6.40. The van der Waals surface area contributed by atoms with Gasteiger partial charge in [0.1, 0.15) is 5.82 Å². The predicted molar refractivity (Wildman–Crippen MR) is 85.5 cm³/mol.